The van der Waals surface area contributed by atoms with E-state index >= 15 is 0 Å². The lowest BCUT2D eigenvalue weighted by Crippen LogP contribution is -2.37. The highest BCUT2D eigenvalue weighted by Crippen LogP contribution is 2.35. The molecule has 10 heteroatoms. The standard InChI is InChI=1S/C23H27N5O5/c1-27-20(26-22(29)16-6-7-24-25-15-16)14-18-17(23(27)30)4-5-19(21(18)31-2)33-11-3-8-28-9-12-32-13-10-28/h4-7,14-15H,3,8-13H2,1-2H3,(H,26,29). The van der Waals surface area contributed by atoms with E-state index in [9.17, 15) is 9.59 Å². The van der Waals surface area contributed by atoms with Gasteiger partial charge in [0.05, 0.1) is 50.3 Å². The van der Waals surface area contributed by atoms with E-state index in [0.717, 1.165) is 39.3 Å². The Bertz CT molecular complexity index is 1180. The van der Waals surface area contributed by atoms with Crippen LogP contribution in [-0.4, -0.2) is 72.1 Å². The van der Waals surface area contributed by atoms with Crippen LogP contribution in [0.4, 0.5) is 5.82 Å². The first-order valence-corrected chi connectivity index (χ1v) is 10.8. The van der Waals surface area contributed by atoms with Gasteiger partial charge in [0, 0.05) is 32.1 Å². The Balaban J connectivity index is 1.55. The van der Waals surface area contributed by atoms with Crippen LogP contribution in [-0.2, 0) is 11.8 Å². The number of carbonyl (C=O) groups is 1. The predicted octanol–water partition coefficient (Wildman–Crippen LogP) is 1.69. The number of aromatic nitrogens is 3. The highest BCUT2D eigenvalue weighted by atomic mass is 16.5. The molecule has 1 aromatic carbocycles. The Kier molecular flexibility index (Phi) is 7.16. The van der Waals surface area contributed by atoms with Crippen molar-refractivity contribution in [3.8, 4) is 11.5 Å². The second-order valence-corrected chi connectivity index (χ2v) is 7.69. The average molecular weight is 453 g/mol. The van der Waals surface area contributed by atoms with Gasteiger partial charge in [-0.3, -0.25) is 19.1 Å². The molecule has 0 radical (unpaired) electrons. The molecular formula is C23H27N5O5. The maximum absolute atomic E-state index is 13.0. The molecule has 3 heterocycles. The summed E-state index contributed by atoms with van der Waals surface area (Å²) in [5.74, 6) is 0.944. The maximum atomic E-state index is 13.0. The van der Waals surface area contributed by atoms with Gasteiger partial charge in [0.1, 0.15) is 5.82 Å². The second kappa shape index (κ2) is 10.4. The summed E-state index contributed by atoms with van der Waals surface area (Å²) in [5, 5.41) is 11.2. The van der Waals surface area contributed by atoms with E-state index in [0.29, 0.717) is 40.3 Å². The highest BCUT2D eigenvalue weighted by Gasteiger charge is 2.17. The zero-order chi connectivity index (χ0) is 23.2. The van der Waals surface area contributed by atoms with Crippen LogP contribution >= 0.6 is 0 Å². The molecule has 1 N–H and O–H groups in total. The van der Waals surface area contributed by atoms with Gasteiger partial charge in [-0.05, 0) is 30.7 Å². The summed E-state index contributed by atoms with van der Waals surface area (Å²) < 4.78 is 18.4. The SMILES string of the molecule is COc1c(OCCCN2CCOCC2)ccc2c(=O)n(C)c(NC(=O)c3ccnnc3)cc12. The Labute approximate surface area is 191 Å². The van der Waals surface area contributed by atoms with Gasteiger partial charge in [0.25, 0.3) is 11.5 Å². The number of benzene rings is 1. The predicted molar refractivity (Wildman–Crippen MR) is 123 cm³/mol. The third-order valence-electron chi connectivity index (χ3n) is 5.61. The summed E-state index contributed by atoms with van der Waals surface area (Å²) in [6, 6.07) is 6.72. The molecule has 1 saturated heterocycles. The number of anilines is 1. The zero-order valence-electron chi connectivity index (χ0n) is 18.7. The number of amides is 1. The number of hydrogen-bond donors (Lipinski definition) is 1. The molecule has 0 saturated carbocycles. The lowest BCUT2D eigenvalue weighted by atomic mass is 10.1. The second-order valence-electron chi connectivity index (χ2n) is 7.69. The third kappa shape index (κ3) is 5.12. The van der Waals surface area contributed by atoms with E-state index in [2.05, 4.69) is 20.4 Å². The maximum Gasteiger partial charge on any atom is 0.259 e. The lowest BCUT2D eigenvalue weighted by Gasteiger charge is -2.26. The number of pyridine rings is 1. The van der Waals surface area contributed by atoms with Gasteiger partial charge < -0.3 is 19.5 Å². The lowest BCUT2D eigenvalue weighted by molar-refractivity contribution is 0.0357. The molecule has 1 aliphatic heterocycles. The van der Waals surface area contributed by atoms with Gasteiger partial charge in [0.2, 0.25) is 0 Å². The zero-order valence-corrected chi connectivity index (χ0v) is 18.7. The van der Waals surface area contributed by atoms with Crippen LogP contribution in [0.25, 0.3) is 10.8 Å². The molecule has 1 amide bonds. The normalized spacial score (nSPS) is 14.2. The quantitative estimate of drug-likeness (QED) is 0.514. The molecule has 0 aliphatic carbocycles. The molecule has 0 bridgehead atoms. The van der Waals surface area contributed by atoms with Crippen LogP contribution in [0, 0.1) is 0 Å². The smallest absolute Gasteiger partial charge is 0.259 e. The number of hydrogen-bond acceptors (Lipinski definition) is 8. The molecular weight excluding hydrogens is 426 g/mol. The van der Waals surface area contributed by atoms with E-state index in [4.69, 9.17) is 14.2 Å². The van der Waals surface area contributed by atoms with Crippen molar-refractivity contribution in [2.45, 2.75) is 6.42 Å². The molecule has 174 valence electrons. The summed E-state index contributed by atoms with van der Waals surface area (Å²) in [6.07, 6.45) is 3.65. The topological polar surface area (TPSA) is 108 Å². The number of carbonyl (C=O) groups excluding carboxylic acids is 1. The van der Waals surface area contributed by atoms with Crippen molar-refractivity contribution in [3.63, 3.8) is 0 Å². The molecule has 1 aliphatic rings. The number of nitrogens with zero attached hydrogens (tertiary/aromatic N) is 4. The largest absolute Gasteiger partial charge is 0.492 e. The minimum Gasteiger partial charge on any atom is -0.492 e. The minimum absolute atomic E-state index is 0.257. The fourth-order valence-corrected chi connectivity index (χ4v) is 3.79. The van der Waals surface area contributed by atoms with Crippen LogP contribution in [0.3, 0.4) is 0 Å². The molecule has 0 spiro atoms. The van der Waals surface area contributed by atoms with Crippen LogP contribution in [0.5, 0.6) is 11.5 Å². The van der Waals surface area contributed by atoms with E-state index in [-0.39, 0.29) is 5.56 Å². The van der Waals surface area contributed by atoms with Crippen molar-refractivity contribution in [2.24, 2.45) is 7.05 Å². The summed E-state index contributed by atoms with van der Waals surface area (Å²) in [6.45, 7) is 4.86. The number of nitrogens with one attached hydrogen (secondary N) is 1. The van der Waals surface area contributed by atoms with E-state index in [1.54, 1.807) is 31.3 Å². The van der Waals surface area contributed by atoms with Crippen molar-refractivity contribution >= 4 is 22.5 Å². The fraction of sp³-hybridized carbons (Fsp3) is 0.391. The molecule has 2 aromatic heterocycles. The summed E-state index contributed by atoms with van der Waals surface area (Å²) in [4.78, 5) is 27.9. The van der Waals surface area contributed by atoms with Crippen molar-refractivity contribution in [2.75, 3.05) is 51.9 Å². The molecule has 0 atom stereocenters. The number of fused-ring (bicyclic) bond motifs is 1. The molecule has 1 fully saturated rings. The highest BCUT2D eigenvalue weighted by molar-refractivity contribution is 6.04. The van der Waals surface area contributed by atoms with Gasteiger partial charge >= 0.3 is 0 Å². The Morgan fingerprint density at radius 2 is 2.00 bits per heavy atom. The van der Waals surface area contributed by atoms with Crippen LogP contribution in [0.15, 0.2) is 41.5 Å². The molecule has 10 nitrogen and oxygen atoms in total. The number of ether oxygens (including phenoxy) is 3. The van der Waals surface area contributed by atoms with Gasteiger partial charge in [-0.1, -0.05) is 0 Å². The Morgan fingerprint density at radius 3 is 2.73 bits per heavy atom. The van der Waals surface area contributed by atoms with E-state index < -0.39 is 5.91 Å². The Morgan fingerprint density at radius 1 is 1.18 bits per heavy atom. The molecule has 33 heavy (non-hydrogen) atoms. The first-order valence-electron chi connectivity index (χ1n) is 10.8. The van der Waals surface area contributed by atoms with E-state index in [1.807, 2.05) is 0 Å². The third-order valence-corrected chi connectivity index (χ3v) is 5.61. The van der Waals surface area contributed by atoms with Crippen molar-refractivity contribution in [1.82, 2.24) is 19.7 Å². The molecule has 0 unspecified atom stereocenters. The summed E-state index contributed by atoms with van der Waals surface area (Å²) in [5.41, 5.74) is 0.0784. The van der Waals surface area contributed by atoms with Crippen molar-refractivity contribution in [1.29, 1.82) is 0 Å². The van der Waals surface area contributed by atoms with Gasteiger partial charge in [-0.2, -0.15) is 10.2 Å². The van der Waals surface area contributed by atoms with Gasteiger partial charge in [-0.25, -0.2) is 0 Å². The van der Waals surface area contributed by atoms with E-state index in [1.165, 1.54) is 24.1 Å². The monoisotopic (exact) mass is 453 g/mol. The fourth-order valence-electron chi connectivity index (χ4n) is 3.79. The molecule has 3 aromatic rings. The first kappa shape index (κ1) is 22.7. The average Bonchev–Trinajstić information content (AvgIpc) is 2.85. The van der Waals surface area contributed by atoms with Crippen LogP contribution in [0.2, 0.25) is 0 Å². The van der Waals surface area contributed by atoms with Crippen LogP contribution < -0.4 is 20.3 Å². The number of rotatable bonds is 8. The summed E-state index contributed by atoms with van der Waals surface area (Å²) in [7, 11) is 3.14. The summed E-state index contributed by atoms with van der Waals surface area (Å²) >= 11 is 0. The van der Waals surface area contributed by atoms with Crippen LogP contribution in [0.1, 0.15) is 16.8 Å². The van der Waals surface area contributed by atoms with Crippen molar-refractivity contribution < 1.29 is 19.0 Å². The van der Waals surface area contributed by atoms with Crippen molar-refractivity contribution in [3.05, 3.63) is 52.6 Å². The minimum atomic E-state index is -0.395. The molecule has 4 rings (SSSR count). The number of morpholine rings is 1. The van der Waals surface area contributed by atoms with Gasteiger partial charge in [-0.15, -0.1) is 0 Å². The Hall–Kier alpha value is -3.50. The first-order chi connectivity index (χ1) is 16.1. The number of methoxy groups -OCH3 is 1. The van der Waals surface area contributed by atoms with Gasteiger partial charge in [0.15, 0.2) is 11.5 Å².